The number of rotatable bonds is 1. The SMILES string of the molecule is CN1C2CCC1CN(C(=O)C1(N)CC1)CC2. The molecule has 2 heterocycles. The van der Waals surface area contributed by atoms with E-state index in [9.17, 15) is 4.79 Å². The van der Waals surface area contributed by atoms with Gasteiger partial charge in [-0.2, -0.15) is 0 Å². The van der Waals surface area contributed by atoms with Crippen LogP contribution in [0.5, 0.6) is 0 Å². The summed E-state index contributed by atoms with van der Waals surface area (Å²) in [7, 11) is 2.20. The van der Waals surface area contributed by atoms with Crippen molar-refractivity contribution in [3.63, 3.8) is 0 Å². The highest BCUT2D eigenvalue weighted by atomic mass is 16.2. The number of carbonyl (C=O) groups is 1. The summed E-state index contributed by atoms with van der Waals surface area (Å²) in [5, 5.41) is 0. The molecule has 1 aliphatic carbocycles. The molecule has 90 valence electrons. The van der Waals surface area contributed by atoms with Gasteiger partial charge in [-0.1, -0.05) is 0 Å². The van der Waals surface area contributed by atoms with Crippen LogP contribution in [-0.2, 0) is 4.79 Å². The lowest BCUT2D eigenvalue weighted by Crippen LogP contribution is -2.48. The molecule has 1 amide bonds. The minimum absolute atomic E-state index is 0.202. The highest BCUT2D eigenvalue weighted by Crippen LogP contribution is 2.36. The molecule has 2 unspecified atom stereocenters. The molecule has 2 aliphatic heterocycles. The van der Waals surface area contributed by atoms with Crippen LogP contribution in [0.3, 0.4) is 0 Å². The van der Waals surface area contributed by atoms with E-state index in [1.54, 1.807) is 0 Å². The Morgan fingerprint density at radius 2 is 1.94 bits per heavy atom. The Bertz CT molecular complexity index is 313. The Hall–Kier alpha value is -0.610. The summed E-state index contributed by atoms with van der Waals surface area (Å²) < 4.78 is 0. The van der Waals surface area contributed by atoms with Crippen molar-refractivity contribution in [3.05, 3.63) is 0 Å². The number of nitrogens with zero attached hydrogens (tertiary/aromatic N) is 2. The lowest BCUT2D eigenvalue weighted by molar-refractivity contribution is -0.133. The normalized spacial score (nSPS) is 37.2. The number of hydrogen-bond donors (Lipinski definition) is 1. The third-order valence-corrected chi connectivity index (χ3v) is 4.65. The minimum atomic E-state index is -0.484. The summed E-state index contributed by atoms with van der Waals surface area (Å²) in [5.74, 6) is 0.202. The molecule has 0 aromatic carbocycles. The van der Waals surface area contributed by atoms with Crippen molar-refractivity contribution in [1.29, 1.82) is 0 Å². The molecule has 16 heavy (non-hydrogen) atoms. The molecule has 0 spiro atoms. The maximum absolute atomic E-state index is 12.2. The van der Waals surface area contributed by atoms with E-state index in [1.807, 2.05) is 4.90 Å². The van der Waals surface area contributed by atoms with Crippen LogP contribution in [0.15, 0.2) is 0 Å². The largest absolute Gasteiger partial charge is 0.339 e. The van der Waals surface area contributed by atoms with E-state index in [2.05, 4.69) is 11.9 Å². The summed E-state index contributed by atoms with van der Waals surface area (Å²) in [4.78, 5) is 16.7. The molecular formula is C12H21N3O. The quantitative estimate of drug-likeness (QED) is 0.689. The molecule has 0 radical (unpaired) electrons. The summed E-state index contributed by atoms with van der Waals surface area (Å²) in [6.07, 6.45) is 5.42. The first-order chi connectivity index (χ1) is 7.60. The van der Waals surface area contributed by atoms with E-state index in [-0.39, 0.29) is 5.91 Å². The van der Waals surface area contributed by atoms with Crippen molar-refractivity contribution in [1.82, 2.24) is 9.80 Å². The third kappa shape index (κ3) is 1.55. The first-order valence-corrected chi connectivity index (χ1v) is 6.40. The lowest BCUT2D eigenvalue weighted by atomic mass is 10.1. The fraction of sp³-hybridized carbons (Fsp3) is 0.917. The van der Waals surface area contributed by atoms with Gasteiger partial charge in [-0.15, -0.1) is 0 Å². The molecule has 0 aromatic heterocycles. The average Bonchev–Trinajstić information content (AvgIpc) is 2.91. The zero-order valence-electron chi connectivity index (χ0n) is 9.98. The minimum Gasteiger partial charge on any atom is -0.339 e. The van der Waals surface area contributed by atoms with Crippen LogP contribution in [0, 0.1) is 0 Å². The molecule has 4 nitrogen and oxygen atoms in total. The van der Waals surface area contributed by atoms with Gasteiger partial charge < -0.3 is 10.6 Å². The van der Waals surface area contributed by atoms with Crippen LogP contribution in [0.2, 0.25) is 0 Å². The number of likely N-dealkylation sites (tertiary alicyclic amines) is 1. The van der Waals surface area contributed by atoms with Gasteiger partial charge in [-0.05, 0) is 39.2 Å². The maximum atomic E-state index is 12.2. The monoisotopic (exact) mass is 223 g/mol. The van der Waals surface area contributed by atoms with Gasteiger partial charge >= 0.3 is 0 Å². The Morgan fingerprint density at radius 3 is 2.62 bits per heavy atom. The number of nitrogens with two attached hydrogens (primary N) is 1. The fourth-order valence-corrected chi connectivity index (χ4v) is 3.16. The molecule has 2 bridgehead atoms. The predicted octanol–water partition coefficient (Wildman–Crippen LogP) is 0.173. The van der Waals surface area contributed by atoms with Gasteiger partial charge in [0.1, 0.15) is 0 Å². The van der Waals surface area contributed by atoms with E-state index < -0.39 is 5.54 Å². The van der Waals surface area contributed by atoms with Gasteiger partial charge in [0.05, 0.1) is 5.54 Å². The third-order valence-electron chi connectivity index (χ3n) is 4.65. The molecule has 3 aliphatic rings. The fourth-order valence-electron chi connectivity index (χ4n) is 3.16. The second-order valence-electron chi connectivity index (χ2n) is 5.75. The van der Waals surface area contributed by atoms with Crippen molar-refractivity contribution in [3.8, 4) is 0 Å². The molecule has 2 saturated heterocycles. The second kappa shape index (κ2) is 3.44. The van der Waals surface area contributed by atoms with E-state index in [1.165, 1.54) is 12.8 Å². The van der Waals surface area contributed by atoms with Gasteiger partial charge in [-0.25, -0.2) is 0 Å². The van der Waals surface area contributed by atoms with E-state index in [0.717, 1.165) is 32.4 Å². The summed E-state index contributed by atoms with van der Waals surface area (Å²) in [6.45, 7) is 1.80. The number of hydrogen-bond acceptors (Lipinski definition) is 3. The van der Waals surface area contributed by atoms with Gasteiger partial charge in [0.25, 0.3) is 0 Å². The van der Waals surface area contributed by atoms with Crippen molar-refractivity contribution in [2.24, 2.45) is 5.73 Å². The molecule has 2 N–H and O–H groups in total. The Kier molecular flexibility index (Phi) is 2.27. The van der Waals surface area contributed by atoms with Crippen molar-refractivity contribution in [2.45, 2.75) is 49.7 Å². The Balaban J connectivity index is 1.72. The summed E-state index contributed by atoms with van der Waals surface area (Å²) in [5.41, 5.74) is 5.52. The zero-order valence-corrected chi connectivity index (χ0v) is 9.98. The van der Waals surface area contributed by atoms with Crippen molar-refractivity contribution < 1.29 is 4.79 Å². The van der Waals surface area contributed by atoms with Crippen molar-refractivity contribution in [2.75, 3.05) is 20.1 Å². The molecule has 3 rings (SSSR count). The van der Waals surface area contributed by atoms with E-state index in [0.29, 0.717) is 12.1 Å². The number of carbonyl (C=O) groups excluding carboxylic acids is 1. The maximum Gasteiger partial charge on any atom is 0.242 e. The number of likely N-dealkylation sites (N-methyl/N-ethyl adjacent to an activating group) is 1. The van der Waals surface area contributed by atoms with Crippen LogP contribution in [0.1, 0.15) is 32.1 Å². The summed E-state index contributed by atoms with van der Waals surface area (Å²) in [6, 6.07) is 1.26. The highest BCUT2D eigenvalue weighted by Gasteiger charge is 2.49. The number of amides is 1. The molecule has 1 saturated carbocycles. The zero-order chi connectivity index (χ0) is 11.3. The lowest BCUT2D eigenvalue weighted by Gasteiger charge is -2.28. The molecular weight excluding hydrogens is 202 g/mol. The van der Waals surface area contributed by atoms with Gasteiger partial charge in [0.15, 0.2) is 0 Å². The van der Waals surface area contributed by atoms with Crippen LogP contribution < -0.4 is 5.73 Å². The average molecular weight is 223 g/mol. The van der Waals surface area contributed by atoms with Crippen LogP contribution in [0.4, 0.5) is 0 Å². The van der Waals surface area contributed by atoms with Crippen LogP contribution in [-0.4, -0.2) is 53.5 Å². The topological polar surface area (TPSA) is 49.6 Å². The molecule has 3 fully saturated rings. The van der Waals surface area contributed by atoms with E-state index >= 15 is 0 Å². The standard InChI is InChI=1S/C12H21N3O/c1-14-9-2-3-10(14)8-15(7-4-9)11(16)12(13)5-6-12/h9-10H,2-8,13H2,1H3. The van der Waals surface area contributed by atoms with Gasteiger partial charge in [-0.3, -0.25) is 9.69 Å². The Labute approximate surface area is 96.8 Å². The molecule has 0 aromatic rings. The van der Waals surface area contributed by atoms with Gasteiger partial charge in [0.2, 0.25) is 5.91 Å². The van der Waals surface area contributed by atoms with Crippen LogP contribution >= 0.6 is 0 Å². The Morgan fingerprint density at radius 1 is 1.25 bits per heavy atom. The van der Waals surface area contributed by atoms with Gasteiger partial charge in [0, 0.05) is 25.2 Å². The van der Waals surface area contributed by atoms with E-state index in [4.69, 9.17) is 5.73 Å². The van der Waals surface area contributed by atoms with Crippen molar-refractivity contribution >= 4 is 5.91 Å². The smallest absolute Gasteiger partial charge is 0.242 e. The molecule has 2 atom stereocenters. The first kappa shape index (κ1) is 10.5. The van der Waals surface area contributed by atoms with Crippen LogP contribution in [0.25, 0.3) is 0 Å². The number of fused-ring (bicyclic) bond motifs is 2. The predicted molar refractivity (Wildman–Crippen MR) is 61.9 cm³/mol. The molecule has 4 heteroatoms. The highest BCUT2D eigenvalue weighted by molar-refractivity contribution is 5.89. The first-order valence-electron chi connectivity index (χ1n) is 6.40. The second-order valence-corrected chi connectivity index (χ2v) is 5.75. The summed E-state index contributed by atoms with van der Waals surface area (Å²) >= 11 is 0.